The van der Waals surface area contributed by atoms with Gasteiger partial charge in [-0.1, -0.05) is 55.5 Å². The summed E-state index contributed by atoms with van der Waals surface area (Å²) in [6.45, 7) is 5.16. The van der Waals surface area contributed by atoms with Crippen LogP contribution < -0.4 is 11.0 Å². The van der Waals surface area contributed by atoms with Crippen molar-refractivity contribution < 1.29 is 23.3 Å². The maximum Gasteiger partial charge on any atom is 0.351 e. The van der Waals surface area contributed by atoms with Crippen molar-refractivity contribution in [1.82, 2.24) is 14.2 Å². The van der Waals surface area contributed by atoms with Crippen LogP contribution >= 0.6 is 8.53 Å². The molecule has 10 nitrogen and oxygen atoms in total. The first-order valence-corrected chi connectivity index (χ1v) is 15.3. The minimum absolute atomic E-state index is 0.0350. The van der Waals surface area contributed by atoms with Crippen molar-refractivity contribution in [2.45, 2.75) is 69.3 Å². The molecule has 1 amide bonds. The van der Waals surface area contributed by atoms with E-state index in [9.17, 15) is 9.59 Å². The van der Waals surface area contributed by atoms with Gasteiger partial charge in [0.15, 0.2) is 6.23 Å². The van der Waals surface area contributed by atoms with E-state index in [0.29, 0.717) is 24.2 Å². The second kappa shape index (κ2) is 10.7. The second-order valence-corrected chi connectivity index (χ2v) is 12.5. The van der Waals surface area contributed by atoms with Gasteiger partial charge in [0.25, 0.3) is 14.4 Å². The molecular formula is C30H33N4O6P. The summed E-state index contributed by atoms with van der Waals surface area (Å²) in [7, 11) is -1.33. The average molecular weight is 577 g/mol. The molecule has 2 bridgehead atoms. The van der Waals surface area contributed by atoms with Gasteiger partial charge in [-0.15, -0.1) is 0 Å². The lowest BCUT2D eigenvalue weighted by atomic mass is 9.96. The second-order valence-electron chi connectivity index (χ2n) is 11.1. The van der Waals surface area contributed by atoms with Gasteiger partial charge in [-0.05, 0) is 43.9 Å². The molecule has 1 unspecified atom stereocenters. The van der Waals surface area contributed by atoms with Gasteiger partial charge in [-0.25, -0.2) is 9.46 Å². The van der Waals surface area contributed by atoms with E-state index in [1.807, 2.05) is 31.2 Å². The van der Waals surface area contributed by atoms with E-state index in [2.05, 4.69) is 27.1 Å². The Morgan fingerprint density at radius 1 is 1.17 bits per heavy atom. The van der Waals surface area contributed by atoms with Gasteiger partial charge in [0.2, 0.25) is 0 Å². The third-order valence-electron chi connectivity index (χ3n) is 8.61. The van der Waals surface area contributed by atoms with Crippen LogP contribution in [0.5, 0.6) is 0 Å². The average Bonchev–Trinajstić information content (AvgIpc) is 3.76. The number of carbonyl (C=O) groups excluding carboxylic acids is 1. The highest BCUT2D eigenvalue weighted by Gasteiger charge is 2.64. The largest absolute Gasteiger partial charge is 0.368 e. The summed E-state index contributed by atoms with van der Waals surface area (Å²) in [5.74, 6) is -0.110. The predicted octanol–water partition coefficient (Wildman–Crippen LogP) is 4.73. The Hall–Kier alpha value is -2.98. The Bertz CT molecular complexity index is 1490. The lowest BCUT2D eigenvalue weighted by molar-refractivity contribution is -0.175. The number of amides is 1. The molecule has 2 aromatic carbocycles. The fourth-order valence-corrected chi connectivity index (χ4v) is 8.41. The van der Waals surface area contributed by atoms with Crippen LogP contribution in [0.1, 0.15) is 60.0 Å². The van der Waals surface area contributed by atoms with Gasteiger partial charge < -0.3 is 23.8 Å². The first-order valence-electron chi connectivity index (χ1n) is 14.2. The van der Waals surface area contributed by atoms with Gasteiger partial charge in [0, 0.05) is 29.9 Å². The predicted molar refractivity (Wildman–Crippen MR) is 152 cm³/mol. The van der Waals surface area contributed by atoms with E-state index in [-0.39, 0.29) is 23.9 Å². The Labute approximate surface area is 239 Å². The number of rotatable bonds is 7. The molecule has 1 N–H and O–H groups in total. The van der Waals surface area contributed by atoms with Crippen LogP contribution in [-0.2, 0) is 18.5 Å². The molecule has 7 rings (SSSR count). The fourth-order valence-electron chi connectivity index (χ4n) is 6.37. The Morgan fingerprint density at radius 2 is 1.93 bits per heavy atom. The minimum atomic E-state index is -1.33. The number of hydrogen-bond donors (Lipinski definition) is 1. The number of anilines is 1. The number of fused-ring (bicyclic) bond motifs is 3. The van der Waals surface area contributed by atoms with Crippen molar-refractivity contribution in [2.75, 3.05) is 18.5 Å². The molecule has 214 valence electrons. The van der Waals surface area contributed by atoms with Crippen LogP contribution in [-0.4, -0.2) is 57.1 Å². The molecular weight excluding hydrogens is 543 g/mol. The molecule has 5 heterocycles. The first kappa shape index (κ1) is 26.9. The lowest BCUT2D eigenvalue weighted by Gasteiger charge is -2.31. The molecule has 0 aliphatic carbocycles. The minimum Gasteiger partial charge on any atom is -0.368 e. The van der Waals surface area contributed by atoms with Crippen molar-refractivity contribution in [1.29, 1.82) is 0 Å². The van der Waals surface area contributed by atoms with Crippen LogP contribution in [0.2, 0.25) is 0 Å². The van der Waals surface area contributed by atoms with Gasteiger partial charge in [0.1, 0.15) is 29.7 Å². The Kier molecular flexibility index (Phi) is 7.01. The topological polar surface area (TPSA) is 104 Å². The van der Waals surface area contributed by atoms with Gasteiger partial charge in [0.05, 0.1) is 6.61 Å². The zero-order chi connectivity index (χ0) is 28.1. The molecule has 4 aliphatic rings. The Balaban J connectivity index is 1.12. The number of hydrogen-bond acceptors (Lipinski definition) is 8. The molecule has 11 heteroatoms. The first-order chi connectivity index (χ1) is 20.0. The normalized spacial score (nSPS) is 32.3. The number of ether oxygens (including phenoxy) is 2. The van der Waals surface area contributed by atoms with E-state index in [4.69, 9.17) is 18.5 Å². The molecule has 7 atom stereocenters. The van der Waals surface area contributed by atoms with Crippen LogP contribution in [0, 0.1) is 6.92 Å². The van der Waals surface area contributed by atoms with E-state index in [1.165, 1.54) is 4.57 Å². The summed E-state index contributed by atoms with van der Waals surface area (Å²) in [5.41, 5.74) is 1.05. The SMILES string of the molecule is CC[C@@]12COC([C@H](n3cc(C)c(NC(=O)c4ccccc4)nc3=O)O1)[C@H]2O[P@]1O[C@@H](c2ccccc2)[C@H]2CCCN21. The van der Waals surface area contributed by atoms with Crippen molar-refractivity contribution in [3.05, 3.63) is 94.0 Å². The number of nitrogens with zero attached hydrogens (tertiary/aromatic N) is 3. The monoisotopic (exact) mass is 576 g/mol. The quantitative estimate of drug-likeness (QED) is 0.403. The van der Waals surface area contributed by atoms with Crippen molar-refractivity contribution in [3.63, 3.8) is 0 Å². The smallest absolute Gasteiger partial charge is 0.351 e. The van der Waals surface area contributed by atoms with Gasteiger partial charge in [-0.3, -0.25) is 9.36 Å². The van der Waals surface area contributed by atoms with Gasteiger partial charge in [-0.2, -0.15) is 4.98 Å². The van der Waals surface area contributed by atoms with E-state index in [0.717, 1.165) is 24.9 Å². The fraction of sp³-hybridized carbons (Fsp3) is 0.433. The van der Waals surface area contributed by atoms with Crippen LogP contribution in [0.15, 0.2) is 71.7 Å². The van der Waals surface area contributed by atoms with Crippen molar-refractivity contribution >= 4 is 20.3 Å². The Morgan fingerprint density at radius 3 is 2.68 bits per heavy atom. The summed E-state index contributed by atoms with van der Waals surface area (Å²) in [6.07, 6.45) is 2.87. The zero-order valence-electron chi connectivity index (χ0n) is 23.0. The zero-order valence-corrected chi connectivity index (χ0v) is 23.9. The number of aromatic nitrogens is 2. The molecule has 0 saturated carbocycles. The van der Waals surface area contributed by atoms with E-state index < -0.39 is 38.3 Å². The molecule has 41 heavy (non-hydrogen) atoms. The van der Waals surface area contributed by atoms with Gasteiger partial charge >= 0.3 is 5.69 Å². The molecule has 4 saturated heterocycles. The molecule has 3 aromatic rings. The van der Waals surface area contributed by atoms with E-state index in [1.54, 1.807) is 37.4 Å². The summed E-state index contributed by atoms with van der Waals surface area (Å²) < 4.78 is 30.0. The van der Waals surface area contributed by atoms with Crippen LogP contribution in [0.3, 0.4) is 0 Å². The third-order valence-corrected chi connectivity index (χ3v) is 10.3. The number of carbonyl (C=O) groups is 1. The summed E-state index contributed by atoms with van der Waals surface area (Å²) in [5, 5.41) is 2.75. The highest BCUT2D eigenvalue weighted by Crippen LogP contribution is 2.63. The van der Waals surface area contributed by atoms with Crippen molar-refractivity contribution in [3.8, 4) is 0 Å². The molecule has 4 aliphatic heterocycles. The van der Waals surface area contributed by atoms with Crippen molar-refractivity contribution in [2.24, 2.45) is 0 Å². The molecule has 1 aromatic heterocycles. The van der Waals surface area contributed by atoms with Crippen LogP contribution in [0.4, 0.5) is 5.82 Å². The summed E-state index contributed by atoms with van der Waals surface area (Å²) >= 11 is 0. The third kappa shape index (κ3) is 4.63. The highest BCUT2D eigenvalue weighted by molar-refractivity contribution is 7.45. The van der Waals surface area contributed by atoms with Crippen LogP contribution in [0.25, 0.3) is 0 Å². The molecule has 0 spiro atoms. The molecule has 0 radical (unpaired) electrons. The number of benzene rings is 2. The summed E-state index contributed by atoms with van der Waals surface area (Å²) in [6, 6.07) is 19.4. The number of nitrogens with one attached hydrogen (secondary N) is 1. The standard InChI is InChI=1S/C30H33N4O6P/c1-3-30-18-37-24(25(30)40-41-34-16-10-15-22(34)23(39-41)20-11-6-4-7-12-20)28(38-30)33-17-19(2)26(32-29(33)36)31-27(35)21-13-8-5-9-14-21/h4-9,11-14,17,22-25,28H,3,10,15-16,18H2,1-2H3,(H,31,32,35,36)/t22-,23+,24?,25-,28-,30+,41+/m1/s1. The summed E-state index contributed by atoms with van der Waals surface area (Å²) in [4.78, 5) is 30.1. The molecule has 4 fully saturated rings. The lowest BCUT2D eigenvalue weighted by Crippen LogP contribution is -2.41. The number of aryl methyl sites for hydroxylation is 1. The highest BCUT2D eigenvalue weighted by atomic mass is 31.2. The maximum absolute atomic E-state index is 13.3. The maximum atomic E-state index is 13.3. The van der Waals surface area contributed by atoms with E-state index >= 15 is 0 Å².